The van der Waals surface area contributed by atoms with E-state index in [-0.39, 0.29) is 0 Å². The van der Waals surface area contributed by atoms with Crippen molar-refractivity contribution >= 4 is 0 Å². The van der Waals surface area contributed by atoms with Crippen LogP contribution in [0.4, 0.5) is 0 Å². The van der Waals surface area contributed by atoms with E-state index in [1.54, 1.807) is 0 Å². The number of piperazine rings is 1. The predicted molar refractivity (Wildman–Crippen MR) is 74.3 cm³/mol. The Balaban J connectivity index is 1.81. The molecule has 0 spiro atoms. The first kappa shape index (κ1) is 13.4. The number of rotatable bonds is 3. The Morgan fingerprint density at radius 3 is 2.82 bits per heavy atom. The summed E-state index contributed by atoms with van der Waals surface area (Å²) in [5, 5.41) is 3.55. The lowest BCUT2D eigenvalue weighted by Gasteiger charge is -2.37. The fourth-order valence-corrected chi connectivity index (χ4v) is 3.71. The molecule has 0 aromatic rings. The second-order valence-corrected chi connectivity index (χ2v) is 6.17. The van der Waals surface area contributed by atoms with Gasteiger partial charge in [-0.05, 0) is 32.1 Å². The van der Waals surface area contributed by atoms with Gasteiger partial charge in [-0.15, -0.1) is 0 Å². The van der Waals surface area contributed by atoms with Gasteiger partial charge in [-0.3, -0.25) is 4.90 Å². The van der Waals surface area contributed by atoms with Crippen LogP contribution in [0.5, 0.6) is 0 Å². The second kappa shape index (κ2) is 6.75. The van der Waals surface area contributed by atoms with E-state index in [1.807, 2.05) is 0 Å². The van der Waals surface area contributed by atoms with E-state index in [9.17, 15) is 0 Å². The molecule has 1 saturated heterocycles. The van der Waals surface area contributed by atoms with Crippen molar-refractivity contribution in [1.29, 1.82) is 0 Å². The Labute approximate surface area is 107 Å². The van der Waals surface area contributed by atoms with E-state index >= 15 is 0 Å². The first-order valence-corrected chi connectivity index (χ1v) is 7.77. The summed E-state index contributed by atoms with van der Waals surface area (Å²) in [6.07, 6.45) is 10.2. The van der Waals surface area contributed by atoms with Crippen LogP contribution in [0, 0.1) is 5.92 Å². The Kier molecular flexibility index (Phi) is 5.30. The van der Waals surface area contributed by atoms with Crippen molar-refractivity contribution in [1.82, 2.24) is 10.2 Å². The Morgan fingerprint density at radius 2 is 2.06 bits per heavy atom. The zero-order chi connectivity index (χ0) is 12.1. The van der Waals surface area contributed by atoms with Crippen molar-refractivity contribution in [3.05, 3.63) is 0 Å². The summed E-state index contributed by atoms with van der Waals surface area (Å²) in [5.41, 5.74) is 0. The standard InChI is InChI=1S/C15H30N2/c1-3-5-14-6-4-7-15(9-8-14)17-11-10-16-13(2)12-17/h13-16H,3-12H2,1-2H3. The molecule has 2 nitrogen and oxygen atoms in total. The molecular formula is C15H30N2. The third-order valence-corrected chi connectivity index (χ3v) is 4.67. The first-order chi connectivity index (χ1) is 8.29. The van der Waals surface area contributed by atoms with Crippen molar-refractivity contribution in [2.75, 3.05) is 19.6 Å². The van der Waals surface area contributed by atoms with Crippen LogP contribution in [0.15, 0.2) is 0 Å². The van der Waals surface area contributed by atoms with Crippen LogP contribution in [0.2, 0.25) is 0 Å². The number of hydrogen-bond donors (Lipinski definition) is 1. The fourth-order valence-electron chi connectivity index (χ4n) is 3.71. The highest BCUT2D eigenvalue weighted by molar-refractivity contribution is 4.83. The van der Waals surface area contributed by atoms with Gasteiger partial charge < -0.3 is 5.32 Å². The van der Waals surface area contributed by atoms with Crippen LogP contribution in [-0.2, 0) is 0 Å². The molecule has 2 fully saturated rings. The van der Waals surface area contributed by atoms with E-state index in [0.29, 0.717) is 6.04 Å². The molecule has 2 heteroatoms. The first-order valence-electron chi connectivity index (χ1n) is 7.77. The van der Waals surface area contributed by atoms with E-state index < -0.39 is 0 Å². The molecule has 0 amide bonds. The van der Waals surface area contributed by atoms with Crippen molar-refractivity contribution in [2.24, 2.45) is 5.92 Å². The number of hydrogen-bond acceptors (Lipinski definition) is 2. The normalized spacial score (nSPS) is 36.7. The molecule has 17 heavy (non-hydrogen) atoms. The Bertz CT molecular complexity index is 217. The minimum atomic E-state index is 0.693. The molecule has 3 unspecified atom stereocenters. The molecule has 1 aliphatic heterocycles. The monoisotopic (exact) mass is 238 g/mol. The maximum Gasteiger partial charge on any atom is 0.0167 e. The van der Waals surface area contributed by atoms with Crippen molar-refractivity contribution < 1.29 is 0 Å². The summed E-state index contributed by atoms with van der Waals surface area (Å²) < 4.78 is 0. The van der Waals surface area contributed by atoms with Crippen LogP contribution in [0.3, 0.4) is 0 Å². The molecule has 1 aliphatic carbocycles. The average Bonchev–Trinajstić information content (AvgIpc) is 2.55. The lowest BCUT2D eigenvalue weighted by molar-refractivity contribution is 0.135. The summed E-state index contributed by atoms with van der Waals surface area (Å²) in [5.74, 6) is 1.03. The van der Waals surface area contributed by atoms with Crippen molar-refractivity contribution in [3.63, 3.8) is 0 Å². The highest BCUT2D eigenvalue weighted by Gasteiger charge is 2.26. The SMILES string of the molecule is CCCC1CCCC(N2CCNC(C)C2)CC1. The zero-order valence-corrected chi connectivity index (χ0v) is 11.8. The van der Waals surface area contributed by atoms with Crippen LogP contribution >= 0.6 is 0 Å². The molecule has 1 heterocycles. The predicted octanol–water partition coefficient (Wildman–Crippen LogP) is 3.03. The van der Waals surface area contributed by atoms with E-state index in [4.69, 9.17) is 0 Å². The molecule has 0 aromatic heterocycles. The van der Waals surface area contributed by atoms with E-state index in [1.165, 1.54) is 64.6 Å². The van der Waals surface area contributed by atoms with Gasteiger partial charge in [0.1, 0.15) is 0 Å². The highest BCUT2D eigenvalue weighted by Crippen LogP contribution is 2.29. The zero-order valence-electron chi connectivity index (χ0n) is 11.8. The molecule has 0 aromatic carbocycles. The van der Waals surface area contributed by atoms with Gasteiger partial charge in [0, 0.05) is 31.7 Å². The lowest BCUT2D eigenvalue weighted by Crippen LogP contribution is -2.52. The minimum Gasteiger partial charge on any atom is -0.312 e. The minimum absolute atomic E-state index is 0.693. The summed E-state index contributed by atoms with van der Waals surface area (Å²) >= 11 is 0. The van der Waals surface area contributed by atoms with Crippen molar-refractivity contribution in [3.8, 4) is 0 Å². The molecule has 3 atom stereocenters. The van der Waals surface area contributed by atoms with Gasteiger partial charge in [0.25, 0.3) is 0 Å². The second-order valence-electron chi connectivity index (χ2n) is 6.17. The maximum absolute atomic E-state index is 3.55. The molecular weight excluding hydrogens is 208 g/mol. The van der Waals surface area contributed by atoms with Gasteiger partial charge >= 0.3 is 0 Å². The molecule has 2 rings (SSSR count). The van der Waals surface area contributed by atoms with Crippen LogP contribution in [-0.4, -0.2) is 36.6 Å². The van der Waals surface area contributed by atoms with Gasteiger partial charge in [0.2, 0.25) is 0 Å². The molecule has 2 aliphatic rings. The maximum atomic E-state index is 3.55. The van der Waals surface area contributed by atoms with Crippen LogP contribution in [0.1, 0.15) is 58.8 Å². The van der Waals surface area contributed by atoms with Gasteiger partial charge in [-0.1, -0.05) is 32.6 Å². The van der Waals surface area contributed by atoms with Gasteiger partial charge in [0.05, 0.1) is 0 Å². The van der Waals surface area contributed by atoms with Gasteiger partial charge in [-0.25, -0.2) is 0 Å². The molecule has 1 N–H and O–H groups in total. The van der Waals surface area contributed by atoms with Crippen LogP contribution in [0.25, 0.3) is 0 Å². The smallest absolute Gasteiger partial charge is 0.0167 e. The Hall–Kier alpha value is -0.0800. The van der Waals surface area contributed by atoms with Gasteiger partial charge in [-0.2, -0.15) is 0 Å². The molecule has 0 radical (unpaired) electrons. The topological polar surface area (TPSA) is 15.3 Å². The van der Waals surface area contributed by atoms with Gasteiger partial charge in [0.15, 0.2) is 0 Å². The summed E-state index contributed by atoms with van der Waals surface area (Å²) in [4.78, 5) is 2.76. The summed E-state index contributed by atoms with van der Waals surface area (Å²) in [6, 6.07) is 1.58. The lowest BCUT2D eigenvalue weighted by atomic mass is 9.95. The fraction of sp³-hybridized carbons (Fsp3) is 1.00. The van der Waals surface area contributed by atoms with E-state index in [2.05, 4.69) is 24.1 Å². The molecule has 1 saturated carbocycles. The quantitative estimate of drug-likeness (QED) is 0.760. The third-order valence-electron chi connectivity index (χ3n) is 4.67. The molecule has 100 valence electrons. The molecule has 0 bridgehead atoms. The highest BCUT2D eigenvalue weighted by atomic mass is 15.2. The Morgan fingerprint density at radius 1 is 1.18 bits per heavy atom. The third kappa shape index (κ3) is 3.96. The van der Waals surface area contributed by atoms with E-state index in [0.717, 1.165) is 12.0 Å². The summed E-state index contributed by atoms with van der Waals surface area (Å²) in [7, 11) is 0. The summed E-state index contributed by atoms with van der Waals surface area (Å²) in [6.45, 7) is 8.38. The number of nitrogens with zero attached hydrogens (tertiary/aromatic N) is 1. The van der Waals surface area contributed by atoms with Crippen LogP contribution < -0.4 is 5.32 Å². The largest absolute Gasteiger partial charge is 0.312 e. The average molecular weight is 238 g/mol. The number of nitrogens with one attached hydrogen (secondary N) is 1. The van der Waals surface area contributed by atoms with Crippen molar-refractivity contribution in [2.45, 2.75) is 70.9 Å².